The van der Waals surface area contributed by atoms with Gasteiger partial charge in [-0.25, -0.2) is 4.79 Å². The zero-order valence-corrected chi connectivity index (χ0v) is 14.8. The SMILES string of the molecule is O=C(CNC(=O)Nc1ccccc1)NC(c1ccccc1)c1ccccc1. The summed E-state index contributed by atoms with van der Waals surface area (Å²) in [4.78, 5) is 24.3. The van der Waals surface area contributed by atoms with E-state index in [4.69, 9.17) is 0 Å². The van der Waals surface area contributed by atoms with Crippen LogP contribution < -0.4 is 16.0 Å². The lowest BCUT2D eigenvalue weighted by atomic mass is 9.99. The highest BCUT2D eigenvalue weighted by molar-refractivity contribution is 5.92. The molecule has 0 heterocycles. The Hall–Kier alpha value is -3.60. The normalized spacial score (nSPS) is 10.3. The molecule has 3 aromatic rings. The zero-order valence-electron chi connectivity index (χ0n) is 14.8. The summed E-state index contributed by atoms with van der Waals surface area (Å²) >= 11 is 0. The Kier molecular flexibility index (Phi) is 6.20. The van der Waals surface area contributed by atoms with Gasteiger partial charge in [0.1, 0.15) is 0 Å². The van der Waals surface area contributed by atoms with Gasteiger partial charge in [-0.1, -0.05) is 78.9 Å². The molecule has 0 bridgehead atoms. The number of nitrogens with one attached hydrogen (secondary N) is 3. The van der Waals surface area contributed by atoms with E-state index in [0.717, 1.165) is 11.1 Å². The van der Waals surface area contributed by atoms with Gasteiger partial charge in [-0.05, 0) is 23.3 Å². The van der Waals surface area contributed by atoms with Crippen molar-refractivity contribution in [3.8, 4) is 0 Å². The van der Waals surface area contributed by atoms with Crippen molar-refractivity contribution >= 4 is 17.6 Å². The smallest absolute Gasteiger partial charge is 0.319 e. The number of urea groups is 1. The Labute approximate surface area is 158 Å². The molecule has 0 aliphatic rings. The molecule has 27 heavy (non-hydrogen) atoms. The van der Waals surface area contributed by atoms with Gasteiger partial charge >= 0.3 is 6.03 Å². The molecule has 0 radical (unpaired) electrons. The lowest BCUT2D eigenvalue weighted by Gasteiger charge is -2.20. The van der Waals surface area contributed by atoms with E-state index in [0.29, 0.717) is 5.69 Å². The van der Waals surface area contributed by atoms with Crippen LogP contribution >= 0.6 is 0 Å². The number of amides is 3. The highest BCUT2D eigenvalue weighted by Crippen LogP contribution is 2.21. The summed E-state index contributed by atoms with van der Waals surface area (Å²) in [7, 11) is 0. The molecule has 5 nitrogen and oxygen atoms in total. The first-order valence-electron chi connectivity index (χ1n) is 8.71. The molecule has 0 saturated carbocycles. The third-order valence-electron chi connectivity index (χ3n) is 4.01. The van der Waals surface area contributed by atoms with Crippen LogP contribution in [0.2, 0.25) is 0 Å². The molecule has 0 atom stereocenters. The first kappa shape index (κ1) is 18.2. The first-order chi connectivity index (χ1) is 13.2. The predicted octanol–water partition coefficient (Wildman–Crippen LogP) is 3.71. The van der Waals surface area contributed by atoms with E-state index in [9.17, 15) is 9.59 Å². The molecule has 0 aliphatic heterocycles. The van der Waals surface area contributed by atoms with Crippen LogP contribution in [-0.2, 0) is 4.79 Å². The minimum atomic E-state index is -0.424. The quantitative estimate of drug-likeness (QED) is 0.628. The molecule has 0 fully saturated rings. The van der Waals surface area contributed by atoms with Gasteiger partial charge < -0.3 is 16.0 Å². The van der Waals surface area contributed by atoms with Gasteiger partial charge in [0.25, 0.3) is 0 Å². The summed E-state index contributed by atoms with van der Waals surface area (Å²) < 4.78 is 0. The second-order valence-corrected chi connectivity index (χ2v) is 6.00. The third kappa shape index (κ3) is 5.44. The van der Waals surface area contributed by atoms with E-state index in [-0.39, 0.29) is 18.5 Å². The molecule has 3 amide bonds. The molecule has 3 aromatic carbocycles. The number of para-hydroxylation sites is 1. The molecule has 136 valence electrons. The highest BCUT2D eigenvalue weighted by Gasteiger charge is 2.16. The van der Waals surface area contributed by atoms with Crippen LogP contribution in [0.15, 0.2) is 91.0 Å². The lowest BCUT2D eigenvalue weighted by Crippen LogP contribution is -2.40. The Bertz CT molecular complexity index is 828. The molecule has 0 saturated heterocycles. The fraction of sp³-hybridized carbons (Fsp3) is 0.0909. The molecule has 0 aromatic heterocycles. The van der Waals surface area contributed by atoms with Crippen LogP contribution in [-0.4, -0.2) is 18.5 Å². The summed E-state index contributed by atoms with van der Waals surface area (Å²) in [5.74, 6) is -0.268. The maximum atomic E-state index is 12.4. The van der Waals surface area contributed by atoms with Gasteiger partial charge in [0, 0.05) is 5.69 Å². The molecular formula is C22H21N3O2. The van der Waals surface area contributed by atoms with Gasteiger partial charge in [-0.2, -0.15) is 0 Å². The van der Waals surface area contributed by atoms with E-state index in [2.05, 4.69) is 16.0 Å². The van der Waals surface area contributed by atoms with Gasteiger partial charge in [0.15, 0.2) is 0 Å². The van der Waals surface area contributed by atoms with Crippen molar-refractivity contribution < 1.29 is 9.59 Å². The van der Waals surface area contributed by atoms with Crippen molar-refractivity contribution in [2.75, 3.05) is 11.9 Å². The number of benzene rings is 3. The molecule has 0 aliphatic carbocycles. The Morgan fingerprint density at radius 1 is 0.704 bits per heavy atom. The van der Waals surface area contributed by atoms with Crippen LogP contribution in [0.4, 0.5) is 10.5 Å². The average Bonchev–Trinajstić information content (AvgIpc) is 2.72. The van der Waals surface area contributed by atoms with Crippen molar-refractivity contribution in [1.29, 1.82) is 0 Å². The Morgan fingerprint density at radius 3 is 1.70 bits per heavy atom. The van der Waals surface area contributed by atoms with E-state index in [1.807, 2.05) is 78.9 Å². The fourth-order valence-electron chi connectivity index (χ4n) is 2.72. The maximum absolute atomic E-state index is 12.4. The van der Waals surface area contributed by atoms with Crippen molar-refractivity contribution in [3.63, 3.8) is 0 Å². The molecule has 0 unspecified atom stereocenters. The molecular weight excluding hydrogens is 338 g/mol. The van der Waals surface area contributed by atoms with E-state index in [1.54, 1.807) is 12.1 Å². The minimum Gasteiger partial charge on any atom is -0.344 e. The van der Waals surface area contributed by atoms with Crippen LogP contribution in [0.25, 0.3) is 0 Å². The predicted molar refractivity (Wildman–Crippen MR) is 106 cm³/mol. The zero-order chi connectivity index (χ0) is 18.9. The fourth-order valence-corrected chi connectivity index (χ4v) is 2.72. The van der Waals surface area contributed by atoms with Crippen LogP contribution in [0.3, 0.4) is 0 Å². The molecule has 0 spiro atoms. The topological polar surface area (TPSA) is 70.2 Å². The highest BCUT2D eigenvalue weighted by atomic mass is 16.2. The third-order valence-corrected chi connectivity index (χ3v) is 4.01. The standard InChI is InChI=1S/C22H21N3O2/c26-20(16-23-22(27)24-19-14-8-3-9-15-19)25-21(17-10-4-1-5-11-17)18-12-6-2-7-13-18/h1-15,21H,16H2,(H,25,26)(H2,23,24,27). The number of hydrogen-bond acceptors (Lipinski definition) is 2. The number of hydrogen-bond donors (Lipinski definition) is 3. The summed E-state index contributed by atoms with van der Waals surface area (Å²) in [6.07, 6.45) is 0. The van der Waals surface area contributed by atoms with Gasteiger partial charge in [0.2, 0.25) is 5.91 Å². The summed E-state index contributed by atoms with van der Waals surface area (Å²) in [6, 6.07) is 27.8. The summed E-state index contributed by atoms with van der Waals surface area (Å²) in [5, 5.41) is 8.25. The maximum Gasteiger partial charge on any atom is 0.319 e. The minimum absolute atomic E-state index is 0.116. The first-order valence-corrected chi connectivity index (χ1v) is 8.71. The number of carbonyl (C=O) groups excluding carboxylic acids is 2. The summed E-state index contributed by atoms with van der Waals surface area (Å²) in [6.45, 7) is -0.116. The Balaban J connectivity index is 1.60. The summed E-state index contributed by atoms with van der Waals surface area (Å²) in [5.41, 5.74) is 2.62. The van der Waals surface area contributed by atoms with E-state index >= 15 is 0 Å². The van der Waals surface area contributed by atoms with Gasteiger partial charge in [-0.15, -0.1) is 0 Å². The van der Waals surface area contributed by atoms with Gasteiger partial charge in [-0.3, -0.25) is 4.79 Å². The number of rotatable bonds is 6. The number of anilines is 1. The largest absolute Gasteiger partial charge is 0.344 e. The van der Waals surface area contributed by atoms with Gasteiger partial charge in [0.05, 0.1) is 12.6 Å². The van der Waals surface area contributed by atoms with Crippen molar-refractivity contribution in [3.05, 3.63) is 102 Å². The van der Waals surface area contributed by atoms with E-state index in [1.165, 1.54) is 0 Å². The van der Waals surface area contributed by atoms with Crippen molar-refractivity contribution in [2.24, 2.45) is 0 Å². The second-order valence-electron chi connectivity index (χ2n) is 6.00. The number of carbonyl (C=O) groups is 2. The molecule has 3 rings (SSSR count). The van der Waals surface area contributed by atoms with Crippen LogP contribution in [0.1, 0.15) is 17.2 Å². The Morgan fingerprint density at radius 2 is 1.19 bits per heavy atom. The lowest BCUT2D eigenvalue weighted by molar-refractivity contribution is -0.120. The van der Waals surface area contributed by atoms with Crippen LogP contribution in [0, 0.1) is 0 Å². The monoisotopic (exact) mass is 359 g/mol. The van der Waals surface area contributed by atoms with E-state index < -0.39 is 6.03 Å². The average molecular weight is 359 g/mol. The second kappa shape index (κ2) is 9.20. The van der Waals surface area contributed by atoms with Crippen molar-refractivity contribution in [2.45, 2.75) is 6.04 Å². The molecule has 5 heteroatoms. The van der Waals surface area contributed by atoms with Crippen LogP contribution in [0.5, 0.6) is 0 Å². The molecule has 3 N–H and O–H groups in total. The van der Waals surface area contributed by atoms with Crippen molar-refractivity contribution in [1.82, 2.24) is 10.6 Å².